The number of ether oxygens (including phenoxy) is 1. The third-order valence-electron chi connectivity index (χ3n) is 4.63. The number of piperidine rings is 1. The van der Waals surface area contributed by atoms with E-state index in [4.69, 9.17) is 10.5 Å². The van der Waals surface area contributed by atoms with Crippen LogP contribution >= 0.6 is 0 Å². The minimum atomic E-state index is -0.692. The van der Waals surface area contributed by atoms with Crippen LogP contribution < -0.4 is 10.6 Å². The first-order valence-corrected chi connectivity index (χ1v) is 8.71. The number of nitrogens with zero attached hydrogens (tertiary/aromatic N) is 4. The lowest BCUT2D eigenvalue weighted by molar-refractivity contribution is -0.148. The maximum absolute atomic E-state index is 11.9. The van der Waals surface area contributed by atoms with E-state index in [0.29, 0.717) is 49.4 Å². The number of benzene rings is 1. The van der Waals surface area contributed by atoms with Gasteiger partial charge in [0, 0.05) is 18.7 Å². The molecule has 1 fully saturated rings. The van der Waals surface area contributed by atoms with Crippen LogP contribution in [-0.4, -0.2) is 47.0 Å². The number of esters is 1. The first-order chi connectivity index (χ1) is 13.0. The average molecular weight is 368 g/mol. The molecule has 1 amide bonds. The zero-order chi connectivity index (χ0) is 19.4. The van der Waals surface area contributed by atoms with Gasteiger partial charge in [0.15, 0.2) is 5.69 Å². The van der Waals surface area contributed by atoms with Gasteiger partial charge in [-0.25, -0.2) is 0 Å². The van der Waals surface area contributed by atoms with Gasteiger partial charge in [-0.05, 0) is 31.9 Å². The van der Waals surface area contributed by atoms with Gasteiger partial charge in [-0.3, -0.25) is 9.59 Å². The monoisotopic (exact) mass is 368 g/mol. The number of aromatic amines is 1. The van der Waals surface area contributed by atoms with E-state index in [1.165, 1.54) is 0 Å². The molecule has 0 saturated carbocycles. The summed E-state index contributed by atoms with van der Waals surface area (Å²) in [5.74, 6) is -0.945. The molecular formula is C18H20N6O3. The Morgan fingerprint density at radius 2 is 2.11 bits per heavy atom. The maximum Gasteiger partial charge on any atom is 0.309 e. The summed E-state index contributed by atoms with van der Waals surface area (Å²) in [6.45, 7) is 3.50. The predicted octanol–water partition coefficient (Wildman–Crippen LogP) is 1.22. The Bertz CT molecular complexity index is 893. The molecule has 0 unspecified atom stereocenters. The number of primary amides is 1. The van der Waals surface area contributed by atoms with Gasteiger partial charge in [-0.2, -0.15) is 20.7 Å². The van der Waals surface area contributed by atoms with Crippen molar-refractivity contribution in [3.05, 3.63) is 29.5 Å². The Kier molecular flexibility index (Phi) is 5.35. The summed E-state index contributed by atoms with van der Waals surface area (Å²) in [6, 6.07) is 7.45. The highest BCUT2D eigenvalue weighted by molar-refractivity contribution is 5.96. The first kappa shape index (κ1) is 18.4. The fraction of sp³-hybridized carbons (Fsp3) is 0.389. The molecule has 140 valence electrons. The lowest BCUT2D eigenvalue weighted by Gasteiger charge is -2.33. The van der Waals surface area contributed by atoms with Gasteiger partial charge in [0.1, 0.15) is 11.8 Å². The molecule has 1 aliphatic rings. The van der Waals surface area contributed by atoms with Crippen molar-refractivity contribution in [2.75, 3.05) is 24.6 Å². The molecule has 0 bridgehead atoms. The van der Waals surface area contributed by atoms with E-state index in [0.717, 1.165) is 5.69 Å². The van der Waals surface area contributed by atoms with Crippen molar-refractivity contribution in [1.82, 2.24) is 15.4 Å². The number of nitrogens with one attached hydrogen (secondary N) is 1. The van der Waals surface area contributed by atoms with E-state index in [1.807, 2.05) is 6.07 Å². The third-order valence-corrected chi connectivity index (χ3v) is 4.63. The fourth-order valence-electron chi connectivity index (χ4n) is 3.27. The standard InChI is InChI=1S/C18H20N6O3/c1-2-27-18(26)11-5-7-24(8-6-11)14-4-3-12(9-13(14)10-19)15-16(17(20)25)22-23-21-15/h3-4,9,11H,2,5-8H2,1H3,(H2,20,25)(H,21,22,23). The highest BCUT2D eigenvalue weighted by Crippen LogP contribution is 2.30. The number of hydrogen-bond acceptors (Lipinski definition) is 7. The predicted molar refractivity (Wildman–Crippen MR) is 96.6 cm³/mol. The topological polar surface area (TPSA) is 138 Å². The summed E-state index contributed by atoms with van der Waals surface area (Å²) in [5.41, 5.74) is 7.47. The summed E-state index contributed by atoms with van der Waals surface area (Å²) in [5, 5.41) is 19.7. The Morgan fingerprint density at radius 3 is 2.74 bits per heavy atom. The van der Waals surface area contributed by atoms with Gasteiger partial charge in [0.2, 0.25) is 0 Å². The Morgan fingerprint density at radius 1 is 1.37 bits per heavy atom. The highest BCUT2D eigenvalue weighted by atomic mass is 16.5. The van der Waals surface area contributed by atoms with Crippen molar-refractivity contribution in [2.24, 2.45) is 11.7 Å². The molecule has 1 saturated heterocycles. The van der Waals surface area contributed by atoms with Crippen LogP contribution in [-0.2, 0) is 9.53 Å². The number of aromatic nitrogens is 3. The van der Waals surface area contributed by atoms with Crippen LogP contribution in [0.3, 0.4) is 0 Å². The number of amides is 1. The zero-order valence-electron chi connectivity index (χ0n) is 14.9. The fourth-order valence-corrected chi connectivity index (χ4v) is 3.27. The number of carbonyl (C=O) groups is 2. The molecule has 1 aliphatic heterocycles. The Hall–Kier alpha value is -3.41. The number of nitriles is 1. The normalized spacial score (nSPS) is 14.6. The van der Waals surface area contributed by atoms with Crippen molar-refractivity contribution in [2.45, 2.75) is 19.8 Å². The molecule has 0 radical (unpaired) electrons. The highest BCUT2D eigenvalue weighted by Gasteiger charge is 2.27. The zero-order valence-corrected chi connectivity index (χ0v) is 14.9. The second-order valence-corrected chi connectivity index (χ2v) is 6.24. The molecule has 3 N–H and O–H groups in total. The summed E-state index contributed by atoms with van der Waals surface area (Å²) < 4.78 is 5.09. The van der Waals surface area contributed by atoms with Gasteiger partial charge in [0.05, 0.1) is 23.8 Å². The molecule has 9 heteroatoms. The van der Waals surface area contributed by atoms with Crippen LogP contribution in [0, 0.1) is 17.2 Å². The van der Waals surface area contributed by atoms with E-state index < -0.39 is 5.91 Å². The maximum atomic E-state index is 11.9. The number of nitrogens with two attached hydrogens (primary N) is 1. The van der Waals surface area contributed by atoms with E-state index in [1.54, 1.807) is 19.1 Å². The summed E-state index contributed by atoms with van der Waals surface area (Å²) in [4.78, 5) is 25.4. The molecule has 0 aliphatic carbocycles. The van der Waals surface area contributed by atoms with Crippen molar-refractivity contribution in [3.8, 4) is 17.3 Å². The second kappa shape index (κ2) is 7.86. The average Bonchev–Trinajstić information content (AvgIpc) is 3.18. The van der Waals surface area contributed by atoms with Crippen LogP contribution in [0.4, 0.5) is 5.69 Å². The van der Waals surface area contributed by atoms with Gasteiger partial charge in [-0.15, -0.1) is 0 Å². The van der Waals surface area contributed by atoms with Crippen LogP contribution in [0.1, 0.15) is 35.8 Å². The number of anilines is 1. The summed E-state index contributed by atoms with van der Waals surface area (Å²) in [6.07, 6.45) is 1.36. The van der Waals surface area contributed by atoms with Crippen LogP contribution in [0.15, 0.2) is 18.2 Å². The van der Waals surface area contributed by atoms with Crippen LogP contribution in [0.25, 0.3) is 11.3 Å². The SMILES string of the molecule is CCOC(=O)C1CCN(c2ccc(-c3n[nH]nc3C(N)=O)cc2C#N)CC1. The quantitative estimate of drug-likeness (QED) is 0.757. The molecule has 1 aromatic heterocycles. The molecule has 27 heavy (non-hydrogen) atoms. The number of H-pyrrole nitrogens is 1. The van der Waals surface area contributed by atoms with Gasteiger partial charge in [-0.1, -0.05) is 6.07 Å². The van der Waals surface area contributed by atoms with E-state index in [-0.39, 0.29) is 17.6 Å². The lowest BCUT2D eigenvalue weighted by Crippen LogP contribution is -2.37. The molecule has 0 atom stereocenters. The first-order valence-electron chi connectivity index (χ1n) is 8.71. The summed E-state index contributed by atoms with van der Waals surface area (Å²) in [7, 11) is 0. The second-order valence-electron chi connectivity index (χ2n) is 6.24. The van der Waals surface area contributed by atoms with Crippen LogP contribution in [0.2, 0.25) is 0 Å². The molecule has 2 heterocycles. The Labute approximate surface area is 156 Å². The smallest absolute Gasteiger partial charge is 0.309 e. The van der Waals surface area contributed by atoms with Gasteiger partial charge in [0.25, 0.3) is 5.91 Å². The van der Waals surface area contributed by atoms with E-state index >= 15 is 0 Å². The molecule has 0 spiro atoms. The Balaban J connectivity index is 1.80. The van der Waals surface area contributed by atoms with Gasteiger partial charge < -0.3 is 15.4 Å². The van der Waals surface area contributed by atoms with Crippen molar-refractivity contribution in [3.63, 3.8) is 0 Å². The summed E-state index contributed by atoms with van der Waals surface area (Å²) >= 11 is 0. The van der Waals surface area contributed by atoms with Gasteiger partial charge >= 0.3 is 5.97 Å². The molecule has 3 rings (SSSR count). The van der Waals surface area contributed by atoms with Crippen molar-refractivity contribution < 1.29 is 14.3 Å². The molecular weight excluding hydrogens is 348 g/mol. The lowest BCUT2D eigenvalue weighted by atomic mass is 9.95. The number of hydrogen-bond donors (Lipinski definition) is 2. The van der Waals surface area contributed by atoms with Crippen molar-refractivity contribution in [1.29, 1.82) is 5.26 Å². The largest absolute Gasteiger partial charge is 0.466 e. The molecule has 9 nitrogen and oxygen atoms in total. The van der Waals surface area contributed by atoms with Crippen LogP contribution in [0.5, 0.6) is 0 Å². The minimum absolute atomic E-state index is 0.0295. The molecule has 1 aromatic carbocycles. The number of carbonyl (C=O) groups excluding carboxylic acids is 2. The number of rotatable bonds is 5. The van der Waals surface area contributed by atoms with Crippen molar-refractivity contribution >= 4 is 17.6 Å². The van der Waals surface area contributed by atoms with E-state index in [9.17, 15) is 14.9 Å². The van der Waals surface area contributed by atoms with E-state index in [2.05, 4.69) is 26.4 Å². The molecule has 2 aromatic rings. The third kappa shape index (κ3) is 3.74. The minimum Gasteiger partial charge on any atom is -0.466 e.